The van der Waals surface area contributed by atoms with Gasteiger partial charge in [-0.05, 0) is 24.1 Å². The Hall–Kier alpha value is -1.37. The molecule has 0 saturated heterocycles. The molecule has 0 saturated carbocycles. The number of allylic oxidation sites excluding steroid dienone is 2. The second-order valence-corrected chi connectivity index (χ2v) is 3.75. The van der Waals surface area contributed by atoms with Crippen molar-refractivity contribution in [2.24, 2.45) is 5.92 Å². The van der Waals surface area contributed by atoms with Crippen LogP contribution < -0.4 is 0 Å². The van der Waals surface area contributed by atoms with Crippen LogP contribution in [0.5, 0.6) is 0 Å². The molecule has 0 aliphatic heterocycles. The van der Waals surface area contributed by atoms with E-state index in [0.717, 1.165) is 11.1 Å². The molecular formula is C13H16O. The van der Waals surface area contributed by atoms with Crippen LogP contribution in [0.1, 0.15) is 26.3 Å². The van der Waals surface area contributed by atoms with E-state index in [9.17, 15) is 4.79 Å². The van der Waals surface area contributed by atoms with E-state index in [1.54, 1.807) is 6.08 Å². The van der Waals surface area contributed by atoms with Gasteiger partial charge in [-0.15, -0.1) is 0 Å². The number of hydrogen-bond acceptors (Lipinski definition) is 1. The first-order valence-corrected chi connectivity index (χ1v) is 4.89. The molecule has 0 heterocycles. The largest absolute Gasteiger partial charge is 0.295 e. The highest BCUT2D eigenvalue weighted by Crippen LogP contribution is 2.13. The molecule has 0 bridgehead atoms. The Morgan fingerprint density at radius 2 is 1.79 bits per heavy atom. The van der Waals surface area contributed by atoms with Crippen molar-refractivity contribution in [3.63, 3.8) is 0 Å². The van der Waals surface area contributed by atoms with E-state index in [-0.39, 0.29) is 11.7 Å². The molecule has 1 heteroatoms. The number of carbonyl (C=O) groups is 1. The number of carbonyl (C=O) groups excluding carboxylic acids is 1. The molecule has 74 valence electrons. The maximum atomic E-state index is 11.5. The van der Waals surface area contributed by atoms with Crippen LogP contribution in [0.4, 0.5) is 0 Å². The zero-order chi connectivity index (χ0) is 10.6. The van der Waals surface area contributed by atoms with E-state index in [2.05, 4.69) is 0 Å². The maximum absolute atomic E-state index is 11.5. The molecule has 0 aliphatic carbocycles. The topological polar surface area (TPSA) is 17.1 Å². The molecule has 1 rings (SSSR count). The molecule has 0 unspecified atom stereocenters. The first-order chi connectivity index (χ1) is 6.61. The van der Waals surface area contributed by atoms with Crippen molar-refractivity contribution in [2.45, 2.75) is 20.8 Å². The van der Waals surface area contributed by atoms with Gasteiger partial charge in [-0.1, -0.05) is 44.2 Å². The Morgan fingerprint density at radius 1 is 1.21 bits per heavy atom. The highest BCUT2D eigenvalue weighted by atomic mass is 16.1. The summed E-state index contributed by atoms with van der Waals surface area (Å²) in [7, 11) is 0. The summed E-state index contributed by atoms with van der Waals surface area (Å²) in [5.74, 6) is 0.264. The standard InChI is InChI=1S/C13H16O/c1-10(2)13(14)9-11(3)12-7-5-4-6-8-12/h4-10H,1-3H3/b11-9-. The van der Waals surface area contributed by atoms with Gasteiger partial charge in [-0.2, -0.15) is 0 Å². The van der Waals surface area contributed by atoms with Crippen molar-refractivity contribution in [3.8, 4) is 0 Å². The summed E-state index contributed by atoms with van der Waals surface area (Å²) in [6.07, 6.45) is 1.72. The minimum Gasteiger partial charge on any atom is -0.295 e. The predicted molar refractivity (Wildman–Crippen MR) is 59.9 cm³/mol. The van der Waals surface area contributed by atoms with Crippen LogP contribution >= 0.6 is 0 Å². The number of hydrogen-bond donors (Lipinski definition) is 0. The Bertz CT molecular complexity index is 334. The molecule has 0 atom stereocenters. The van der Waals surface area contributed by atoms with Gasteiger partial charge in [0.25, 0.3) is 0 Å². The zero-order valence-corrected chi connectivity index (χ0v) is 8.95. The van der Waals surface area contributed by atoms with Gasteiger partial charge in [0.05, 0.1) is 0 Å². The molecule has 1 nitrogen and oxygen atoms in total. The van der Waals surface area contributed by atoms with Gasteiger partial charge in [0, 0.05) is 5.92 Å². The summed E-state index contributed by atoms with van der Waals surface area (Å²) in [4.78, 5) is 11.5. The molecule has 0 amide bonds. The fraction of sp³-hybridized carbons (Fsp3) is 0.308. The van der Waals surface area contributed by atoms with E-state index in [0.29, 0.717) is 0 Å². The lowest BCUT2D eigenvalue weighted by molar-refractivity contribution is -0.117. The fourth-order valence-corrected chi connectivity index (χ4v) is 1.16. The van der Waals surface area contributed by atoms with Crippen LogP contribution in [0.15, 0.2) is 36.4 Å². The van der Waals surface area contributed by atoms with Crippen LogP contribution in [0.3, 0.4) is 0 Å². The van der Waals surface area contributed by atoms with Crippen molar-refractivity contribution in [3.05, 3.63) is 42.0 Å². The SMILES string of the molecule is C/C(=C/C(=O)C(C)C)c1ccccc1. The molecule has 1 aromatic carbocycles. The van der Waals surface area contributed by atoms with E-state index in [1.807, 2.05) is 51.1 Å². The average Bonchev–Trinajstić information content (AvgIpc) is 2.19. The summed E-state index contributed by atoms with van der Waals surface area (Å²) in [5.41, 5.74) is 2.14. The fourth-order valence-electron chi connectivity index (χ4n) is 1.16. The van der Waals surface area contributed by atoms with Crippen LogP contribution in [0, 0.1) is 5.92 Å². The summed E-state index contributed by atoms with van der Waals surface area (Å²) in [6.45, 7) is 5.80. The lowest BCUT2D eigenvalue weighted by Gasteiger charge is -2.02. The Balaban J connectivity index is 2.85. The van der Waals surface area contributed by atoms with Gasteiger partial charge in [-0.25, -0.2) is 0 Å². The summed E-state index contributed by atoms with van der Waals surface area (Å²) < 4.78 is 0. The van der Waals surface area contributed by atoms with Crippen LogP contribution in [0.25, 0.3) is 5.57 Å². The molecule has 0 spiro atoms. The van der Waals surface area contributed by atoms with E-state index < -0.39 is 0 Å². The highest BCUT2D eigenvalue weighted by Gasteiger charge is 2.04. The molecule has 14 heavy (non-hydrogen) atoms. The van der Waals surface area contributed by atoms with Gasteiger partial charge in [0.2, 0.25) is 0 Å². The first-order valence-electron chi connectivity index (χ1n) is 4.89. The maximum Gasteiger partial charge on any atom is 0.158 e. The smallest absolute Gasteiger partial charge is 0.158 e. The first kappa shape index (κ1) is 10.7. The van der Waals surface area contributed by atoms with Crippen LogP contribution in [0.2, 0.25) is 0 Å². The molecule has 0 aromatic heterocycles. The van der Waals surface area contributed by atoms with Gasteiger partial charge in [-0.3, -0.25) is 4.79 Å². The van der Waals surface area contributed by atoms with Crippen LogP contribution in [-0.2, 0) is 4.79 Å². The second kappa shape index (κ2) is 4.75. The van der Waals surface area contributed by atoms with Crippen molar-refractivity contribution < 1.29 is 4.79 Å². The van der Waals surface area contributed by atoms with Gasteiger partial charge in [0.15, 0.2) is 5.78 Å². The normalized spacial score (nSPS) is 11.9. The molecule has 0 aliphatic rings. The van der Waals surface area contributed by atoms with Gasteiger partial charge < -0.3 is 0 Å². The van der Waals surface area contributed by atoms with E-state index in [4.69, 9.17) is 0 Å². The summed E-state index contributed by atoms with van der Waals surface area (Å²) in [6, 6.07) is 9.96. The zero-order valence-electron chi connectivity index (χ0n) is 8.95. The minimum atomic E-state index is 0.0775. The average molecular weight is 188 g/mol. The molecule has 1 aromatic rings. The number of rotatable bonds is 3. The van der Waals surface area contributed by atoms with Crippen molar-refractivity contribution in [2.75, 3.05) is 0 Å². The molecule has 0 fully saturated rings. The predicted octanol–water partition coefficient (Wildman–Crippen LogP) is 3.32. The Morgan fingerprint density at radius 3 is 2.29 bits per heavy atom. The lowest BCUT2D eigenvalue weighted by Crippen LogP contribution is -2.03. The molecule has 0 N–H and O–H groups in total. The third-order valence-corrected chi connectivity index (χ3v) is 2.16. The molecular weight excluding hydrogens is 172 g/mol. The minimum absolute atomic E-state index is 0.0775. The monoisotopic (exact) mass is 188 g/mol. The van der Waals surface area contributed by atoms with E-state index >= 15 is 0 Å². The quantitative estimate of drug-likeness (QED) is 0.665. The number of benzene rings is 1. The molecule has 0 radical (unpaired) electrons. The summed E-state index contributed by atoms with van der Waals surface area (Å²) >= 11 is 0. The van der Waals surface area contributed by atoms with Gasteiger partial charge >= 0.3 is 0 Å². The Kier molecular flexibility index (Phi) is 3.63. The van der Waals surface area contributed by atoms with Crippen molar-refractivity contribution in [1.82, 2.24) is 0 Å². The third kappa shape index (κ3) is 2.84. The Labute approximate surface area is 85.5 Å². The number of ketones is 1. The van der Waals surface area contributed by atoms with Crippen LogP contribution in [-0.4, -0.2) is 5.78 Å². The highest BCUT2D eigenvalue weighted by molar-refractivity contribution is 5.97. The van der Waals surface area contributed by atoms with Gasteiger partial charge in [0.1, 0.15) is 0 Å². The summed E-state index contributed by atoms with van der Waals surface area (Å²) in [5, 5.41) is 0. The lowest BCUT2D eigenvalue weighted by atomic mass is 10.0. The third-order valence-electron chi connectivity index (χ3n) is 2.16. The van der Waals surface area contributed by atoms with Crippen molar-refractivity contribution in [1.29, 1.82) is 0 Å². The van der Waals surface area contributed by atoms with Crippen molar-refractivity contribution >= 4 is 11.4 Å². The van der Waals surface area contributed by atoms with E-state index in [1.165, 1.54) is 0 Å². The second-order valence-electron chi connectivity index (χ2n) is 3.75.